The van der Waals surface area contributed by atoms with Crippen molar-refractivity contribution in [1.29, 1.82) is 0 Å². The fourth-order valence-electron chi connectivity index (χ4n) is 3.88. The Morgan fingerprint density at radius 1 is 1.21 bits per heavy atom. The molecule has 8 heteroatoms. The molecule has 152 valence electrons. The van der Waals surface area contributed by atoms with E-state index >= 15 is 0 Å². The third kappa shape index (κ3) is 3.88. The lowest BCUT2D eigenvalue weighted by molar-refractivity contribution is 0.100. The van der Waals surface area contributed by atoms with E-state index in [1.165, 1.54) is 0 Å². The van der Waals surface area contributed by atoms with E-state index in [9.17, 15) is 9.18 Å². The number of primary amides is 1. The van der Waals surface area contributed by atoms with Crippen LogP contribution < -0.4 is 22.1 Å². The Labute approximate surface area is 168 Å². The Hall–Kier alpha value is -3.13. The summed E-state index contributed by atoms with van der Waals surface area (Å²) < 4.78 is 16.6. The topological polar surface area (TPSA) is 111 Å². The quantitative estimate of drug-likeness (QED) is 0.529. The Bertz CT molecular complexity index is 1060. The van der Waals surface area contributed by atoms with Crippen molar-refractivity contribution >= 4 is 34.1 Å². The summed E-state index contributed by atoms with van der Waals surface area (Å²) in [4.78, 5) is 16.2. The molecule has 6 N–H and O–H groups in total. The van der Waals surface area contributed by atoms with E-state index < -0.39 is 11.7 Å². The van der Waals surface area contributed by atoms with Gasteiger partial charge in [-0.3, -0.25) is 4.79 Å². The highest BCUT2D eigenvalue weighted by atomic mass is 19.1. The first-order valence-corrected chi connectivity index (χ1v) is 9.77. The first-order chi connectivity index (χ1) is 13.9. The predicted octanol–water partition coefficient (Wildman–Crippen LogP) is 3.24. The van der Waals surface area contributed by atoms with Crippen molar-refractivity contribution in [2.24, 2.45) is 18.5 Å². The molecule has 1 aliphatic carbocycles. The smallest absolute Gasteiger partial charge is 0.252 e. The van der Waals surface area contributed by atoms with Gasteiger partial charge in [0.1, 0.15) is 5.82 Å². The van der Waals surface area contributed by atoms with Gasteiger partial charge in [0.15, 0.2) is 11.6 Å². The molecule has 1 unspecified atom stereocenters. The normalized spacial score (nSPS) is 19.3. The number of aromatic nitrogens is 2. The number of benzene rings is 1. The van der Waals surface area contributed by atoms with Crippen LogP contribution in [0, 0.1) is 5.82 Å². The molecule has 1 aromatic carbocycles. The van der Waals surface area contributed by atoms with E-state index in [0.29, 0.717) is 0 Å². The lowest BCUT2D eigenvalue weighted by Crippen LogP contribution is -2.43. The standard InChI is InChI=1S/C21H25FN6O/c1-28-9-8-12-10-13(6-7-18(12)28)25-20-14(19(24)29)11-15(22)21(27-20)26-17-5-3-2-4-16(17)23/h6-11,16-17H,2-5,23H2,1H3,(H2,24,29)(H2,25,26,27)/t16-,17?/m0/s1. The van der Waals surface area contributed by atoms with Gasteiger partial charge in [-0.25, -0.2) is 9.37 Å². The first kappa shape index (κ1) is 19.2. The van der Waals surface area contributed by atoms with Crippen LogP contribution in [0.4, 0.5) is 21.7 Å². The van der Waals surface area contributed by atoms with Gasteiger partial charge in [0, 0.05) is 41.9 Å². The molecular weight excluding hydrogens is 371 g/mol. The minimum Gasteiger partial charge on any atom is -0.365 e. The van der Waals surface area contributed by atoms with E-state index in [0.717, 1.165) is 48.3 Å². The highest BCUT2D eigenvalue weighted by Crippen LogP contribution is 2.28. The molecule has 29 heavy (non-hydrogen) atoms. The van der Waals surface area contributed by atoms with E-state index in [1.54, 1.807) is 0 Å². The second-order valence-corrected chi connectivity index (χ2v) is 7.60. The minimum atomic E-state index is -0.749. The SMILES string of the molecule is Cn1ccc2cc(Nc3nc(NC4CCCC[C@@H]4N)c(F)cc3C(N)=O)ccc21. The Balaban J connectivity index is 1.67. The van der Waals surface area contributed by atoms with Gasteiger partial charge in [-0.05, 0) is 43.2 Å². The number of carbonyl (C=O) groups is 1. The number of aryl methyl sites for hydroxylation is 1. The summed E-state index contributed by atoms with van der Waals surface area (Å²) >= 11 is 0. The number of nitrogens with two attached hydrogens (primary N) is 2. The summed E-state index contributed by atoms with van der Waals surface area (Å²) in [6, 6.07) is 8.78. The van der Waals surface area contributed by atoms with Gasteiger partial charge >= 0.3 is 0 Å². The van der Waals surface area contributed by atoms with Crippen molar-refractivity contribution in [2.45, 2.75) is 37.8 Å². The average molecular weight is 396 g/mol. The number of rotatable bonds is 5. The largest absolute Gasteiger partial charge is 0.365 e. The number of nitrogens with one attached hydrogen (secondary N) is 2. The van der Waals surface area contributed by atoms with E-state index in [2.05, 4.69) is 15.6 Å². The molecule has 3 aromatic rings. The van der Waals surface area contributed by atoms with Crippen molar-refractivity contribution in [1.82, 2.24) is 9.55 Å². The van der Waals surface area contributed by atoms with Gasteiger partial charge in [0.2, 0.25) is 0 Å². The fourth-order valence-corrected chi connectivity index (χ4v) is 3.88. The number of carbonyl (C=O) groups excluding carboxylic acids is 1. The zero-order chi connectivity index (χ0) is 20.5. The molecule has 0 radical (unpaired) electrons. The number of anilines is 3. The van der Waals surface area contributed by atoms with Crippen LogP contribution in [0.25, 0.3) is 10.9 Å². The van der Waals surface area contributed by atoms with E-state index in [1.807, 2.05) is 42.1 Å². The maximum Gasteiger partial charge on any atom is 0.252 e. The molecule has 1 fully saturated rings. The average Bonchev–Trinajstić information content (AvgIpc) is 3.06. The molecule has 2 aromatic heterocycles. The van der Waals surface area contributed by atoms with Crippen LogP contribution >= 0.6 is 0 Å². The highest BCUT2D eigenvalue weighted by Gasteiger charge is 2.24. The van der Waals surface area contributed by atoms with Crippen LogP contribution in [0.2, 0.25) is 0 Å². The number of nitrogens with zero attached hydrogens (tertiary/aromatic N) is 2. The van der Waals surface area contributed by atoms with Crippen molar-refractivity contribution in [3.05, 3.63) is 47.9 Å². The number of halogens is 1. The molecule has 7 nitrogen and oxygen atoms in total. The number of amides is 1. The molecule has 4 rings (SSSR count). The van der Waals surface area contributed by atoms with Crippen LogP contribution in [-0.4, -0.2) is 27.5 Å². The summed E-state index contributed by atoms with van der Waals surface area (Å²) in [5, 5.41) is 7.26. The summed E-state index contributed by atoms with van der Waals surface area (Å²) in [7, 11) is 1.97. The lowest BCUT2D eigenvalue weighted by Gasteiger charge is -2.30. The van der Waals surface area contributed by atoms with Crippen LogP contribution in [0.15, 0.2) is 36.5 Å². The van der Waals surface area contributed by atoms with Crippen LogP contribution in [0.3, 0.4) is 0 Å². The second kappa shape index (κ2) is 7.71. The van der Waals surface area contributed by atoms with Crippen molar-refractivity contribution in [3.63, 3.8) is 0 Å². The Morgan fingerprint density at radius 3 is 2.76 bits per heavy atom. The molecule has 2 atom stereocenters. The number of hydrogen-bond acceptors (Lipinski definition) is 5. The molecule has 0 saturated heterocycles. The van der Waals surface area contributed by atoms with Crippen molar-refractivity contribution in [2.75, 3.05) is 10.6 Å². The van der Waals surface area contributed by atoms with Gasteiger partial charge in [-0.1, -0.05) is 12.8 Å². The Morgan fingerprint density at radius 2 is 2.00 bits per heavy atom. The molecule has 1 saturated carbocycles. The molecule has 0 aliphatic heterocycles. The Kier molecular flexibility index (Phi) is 5.10. The first-order valence-electron chi connectivity index (χ1n) is 9.77. The van der Waals surface area contributed by atoms with Gasteiger partial charge < -0.3 is 26.7 Å². The molecule has 1 amide bonds. The third-order valence-electron chi connectivity index (χ3n) is 5.53. The number of fused-ring (bicyclic) bond motifs is 1. The number of hydrogen-bond donors (Lipinski definition) is 4. The van der Waals surface area contributed by atoms with Crippen molar-refractivity contribution < 1.29 is 9.18 Å². The van der Waals surface area contributed by atoms with Gasteiger partial charge in [-0.15, -0.1) is 0 Å². The zero-order valence-electron chi connectivity index (χ0n) is 16.3. The molecule has 0 spiro atoms. The summed E-state index contributed by atoms with van der Waals surface area (Å²) in [6.07, 6.45) is 5.82. The lowest BCUT2D eigenvalue weighted by atomic mass is 9.91. The van der Waals surface area contributed by atoms with Gasteiger partial charge in [0.25, 0.3) is 5.91 Å². The monoisotopic (exact) mass is 396 g/mol. The zero-order valence-corrected chi connectivity index (χ0v) is 16.3. The van der Waals surface area contributed by atoms with E-state index in [-0.39, 0.29) is 29.3 Å². The second-order valence-electron chi connectivity index (χ2n) is 7.60. The predicted molar refractivity (Wildman–Crippen MR) is 113 cm³/mol. The summed E-state index contributed by atoms with van der Waals surface area (Å²) in [5.41, 5.74) is 13.4. The van der Waals surface area contributed by atoms with Gasteiger partial charge in [-0.2, -0.15) is 0 Å². The van der Waals surface area contributed by atoms with E-state index in [4.69, 9.17) is 11.5 Å². The summed E-state index contributed by atoms with van der Waals surface area (Å²) in [5.74, 6) is -1.09. The molecular formula is C21H25FN6O. The van der Waals surface area contributed by atoms with Crippen LogP contribution in [0.5, 0.6) is 0 Å². The molecule has 0 bridgehead atoms. The van der Waals surface area contributed by atoms with Crippen LogP contribution in [0.1, 0.15) is 36.0 Å². The third-order valence-corrected chi connectivity index (χ3v) is 5.53. The minimum absolute atomic E-state index is 0.00542. The fraction of sp³-hybridized carbons (Fsp3) is 0.333. The maximum absolute atomic E-state index is 14.6. The highest BCUT2D eigenvalue weighted by molar-refractivity contribution is 5.99. The maximum atomic E-state index is 14.6. The van der Waals surface area contributed by atoms with Crippen molar-refractivity contribution in [3.8, 4) is 0 Å². The number of pyridine rings is 1. The van der Waals surface area contributed by atoms with Gasteiger partial charge in [0.05, 0.1) is 5.56 Å². The van der Waals surface area contributed by atoms with Crippen LogP contribution in [-0.2, 0) is 7.05 Å². The molecule has 2 heterocycles. The molecule has 1 aliphatic rings. The summed E-state index contributed by atoms with van der Waals surface area (Å²) in [6.45, 7) is 0.